The maximum Gasteiger partial charge on any atom is 0.306 e. The summed E-state index contributed by atoms with van der Waals surface area (Å²) in [6, 6.07) is 0. The first-order valence-electron chi connectivity index (χ1n) is 32.3. The number of unbranched alkanes of at least 4 members (excludes halogenated alkanes) is 45. The van der Waals surface area contributed by atoms with Gasteiger partial charge in [0, 0.05) is 19.3 Å². The van der Waals surface area contributed by atoms with Gasteiger partial charge in [0.15, 0.2) is 6.10 Å². The van der Waals surface area contributed by atoms with Crippen LogP contribution >= 0.6 is 0 Å². The maximum absolute atomic E-state index is 12.9. The van der Waals surface area contributed by atoms with E-state index in [1.165, 1.54) is 257 Å². The quantitative estimate of drug-likeness (QED) is 0.0261. The Morgan fingerprint density at radius 2 is 0.472 bits per heavy atom. The van der Waals surface area contributed by atoms with Gasteiger partial charge in [-0.25, -0.2) is 0 Å². The van der Waals surface area contributed by atoms with E-state index >= 15 is 0 Å². The predicted octanol–water partition coefficient (Wildman–Crippen LogP) is 21.8. The van der Waals surface area contributed by atoms with Crippen molar-refractivity contribution in [2.75, 3.05) is 13.2 Å². The zero-order valence-electron chi connectivity index (χ0n) is 48.7. The molecule has 0 saturated heterocycles. The van der Waals surface area contributed by atoms with Gasteiger partial charge in [0.2, 0.25) is 0 Å². The fourth-order valence-corrected chi connectivity index (χ4v) is 9.78. The first kappa shape index (κ1) is 69.9. The molecule has 0 aromatic carbocycles. The van der Waals surface area contributed by atoms with E-state index in [9.17, 15) is 14.4 Å². The molecule has 0 amide bonds. The van der Waals surface area contributed by atoms with Crippen LogP contribution in [0.5, 0.6) is 0 Å². The van der Waals surface area contributed by atoms with Crippen LogP contribution in [0, 0.1) is 0 Å². The third-order valence-corrected chi connectivity index (χ3v) is 14.7. The first-order valence-corrected chi connectivity index (χ1v) is 32.3. The summed E-state index contributed by atoms with van der Waals surface area (Å²) in [6.45, 7) is 6.66. The van der Waals surface area contributed by atoms with Gasteiger partial charge in [-0.15, -0.1) is 0 Å². The fraction of sp³-hybridized carbons (Fsp3) is 0.894. The predicted molar refractivity (Wildman–Crippen MR) is 312 cm³/mol. The summed E-state index contributed by atoms with van der Waals surface area (Å²) in [5.74, 6) is -0.857. The lowest BCUT2D eigenvalue weighted by Crippen LogP contribution is -2.30. The second-order valence-corrected chi connectivity index (χ2v) is 22.0. The number of hydrogen-bond donors (Lipinski definition) is 0. The lowest BCUT2D eigenvalue weighted by Gasteiger charge is -2.18. The van der Waals surface area contributed by atoms with E-state index in [1.54, 1.807) is 0 Å². The molecule has 0 bridgehead atoms. The molecule has 0 aliphatic heterocycles. The average Bonchev–Trinajstić information content (AvgIpc) is 3.38. The van der Waals surface area contributed by atoms with Crippen LogP contribution in [0.15, 0.2) is 24.3 Å². The highest BCUT2D eigenvalue weighted by Gasteiger charge is 2.19. The smallest absolute Gasteiger partial charge is 0.306 e. The van der Waals surface area contributed by atoms with E-state index in [2.05, 4.69) is 45.1 Å². The molecule has 0 saturated carbocycles. The van der Waals surface area contributed by atoms with E-state index in [1.807, 2.05) is 0 Å². The summed E-state index contributed by atoms with van der Waals surface area (Å²) in [7, 11) is 0. The van der Waals surface area contributed by atoms with Crippen LogP contribution in [0.4, 0.5) is 0 Å². The standard InChI is InChI=1S/C66H124O6/c1-4-7-10-13-16-19-22-24-26-28-30-32-34-35-37-39-41-44-47-50-53-56-59-65(68)71-62-63(61-70-64(67)58-55-52-49-46-43-21-18-15-12-9-6-3)72-66(69)60-57-54-51-48-45-42-40-38-36-33-31-29-27-25-23-20-17-14-11-8-5-2/h15,18,29,31,63H,4-14,16-17,19-28,30,32-62H2,1-3H3/b18-15-,31-29-. The summed E-state index contributed by atoms with van der Waals surface area (Å²) in [6.07, 6.45) is 73.4. The molecule has 0 radical (unpaired) electrons. The van der Waals surface area contributed by atoms with Crippen LogP contribution in [0.1, 0.15) is 361 Å². The van der Waals surface area contributed by atoms with Crippen molar-refractivity contribution in [1.29, 1.82) is 0 Å². The number of allylic oxidation sites excluding steroid dienone is 4. The minimum atomic E-state index is -0.772. The van der Waals surface area contributed by atoms with Gasteiger partial charge < -0.3 is 14.2 Å². The Balaban J connectivity index is 4.22. The molecular formula is C66H124O6. The molecule has 0 fully saturated rings. The third-order valence-electron chi connectivity index (χ3n) is 14.7. The normalized spacial score (nSPS) is 12.1. The average molecular weight is 1010 g/mol. The molecular weight excluding hydrogens is 889 g/mol. The zero-order valence-corrected chi connectivity index (χ0v) is 48.7. The molecule has 0 aromatic rings. The SMILES string of the molecule is CCCC/C=C\CCCCCCCC(=O)OCC(COC(=O)CCCCCCCCCCCCCCCCCCCCCCCC)OC(=O)CCCCCCCCCCC/C=C\CCCCCCCCCC. The van der Waals surface area contributed by atoms with Gasteiger partial charge in [-0.3, -0.25) is 14.4 Å². The van der Waals surface area contributed by atoms with Crippen LogP contribution in [0.25, 0.3) is 0 Å². The minimum Gasteiger partial charge on any atom is -0.462 e. The van der Waals surface area contributed by atoms with Gasteiger partial charge in [0.1, 0.15) is 13.2 Å². The molecule has 0 spiro atoms. The van der Waals surface area contributed by atoms with Crippen LogP contribution in [-0.2, 0) is 28.6 Å². The number of carbonyl (C=O) groups excluding carboxylic acids is 3. The Labute approximate surface area is 449 Å². The molecule has 6 heteroatoms. The van der Waals surface area contributed by atoms with Gasteiger partial charge in [-0.2, -0.15) is 0 Å². The van der Waals surface area contributed by atoms with Crippen molar-refractivity contribution in [2.45, 2.75) is 367 Å². The molecule has 424 valence electrons. The van der Waals surface area contributed by atoms with Crippen LogP contribution in [0.3, 0.4) is 0 Å². The second-order valence-electron chi connectivity index (χ2n) is 22.0. The monoisotopic (exact) mass is 1010 g/mol. The van der Waals surface area contributed by atoms with Crippen molar-refractivity contribution in [3.05, 3.63) is 24.3 Å². The second kappa shape index (κ2) is 61.4. The van der Waals surface area contributed by atoms with E-state index < -0.39 is 6.10 Å². The summed E-state index contributed by atoms with van der Waals surface area (Å²) in [5, 5.41) is 0. The number of carbonyl (C=O) groups is 3. The summed E-state index contributed by atoms with van der Waals surface area (Å²) >= 11 is 0. The number of esters is 3. The molecule has 0 N–H and O–H groups in total. The van der Waals surface area contributed by atoms with E-state index in [-0.39, 0.29) is 31.1 Å². The number of ether oxygens (including phenoxy) is 3. The molecule has 0 aromatic heterocycles. The zero-order chi connectivity index (χ0) is 52.2. The van der Waals surface area contributed by atoms with Crippen molar-refractivity contribution in [2.24, 2.45) is 0 Å². The first-order chi connectivity index (χ1) is 35.5. The molecule has 0 rings (SSSR count). The highest BCUT2D eigenvalue weighted by molar-refractivity contribution is 5.71. The molecule has 0 heterocycles. The Morgan fingerprint density at radius 1 is 0.264 bits per heavy atom. The van der Waals surface area contributed by atoms with E-state index in [4.69, 9.17) is 14.2 Å². The molecule has 0 aliphatic carbocycles. The van der Waals surface area contributed by atoms with Crippen LogP contribution < -0.4 is 0 Å². The van der Waals surface area contributed by atoms with Crippen molar-refractivity contribution >= 4 is 17.9 Å². The van der Waals surface area contributed by atoms with Crippen LogP contribution in [0.2, 0.25) is 0 Å². The summed E-state index contributed by atoms with van der Waals surface area (Å²) in [4.78, 5) is 38.2. The van der Waals surface area contributed by atoms with E-state index in [0.29, 0.717) is 19.3 Å². The Kier molecular flexibility index (Phi) is 59.6. The molecule has 72 heavy (non-hydrogen) atoms. The Morgan fingerprint density at radius 3 is 0.736 bits per heavy atom. The third kappa shape index (κ3) is 58.8. The number of rotatable bonds is 60. The minimum absolute atomic E-state index is 0.0698. The molecule has 1 unspecified atom stereocenters. The lowest BCUT2D eigenvalue weighted by molar-refractivity contribution is -0.167. The largest absolute Gasteiger partial charge is 0.462 e. The van der Waals surface area contributed by atoms with Crippen molar-refractivity contribution in [3.63, 3.8) is 0 Å². The maximum atomic E-state index is 12.9. The van der Waals surface area contributed by atoms with Gasteiger partial charge in [-0.1, -0.05) is 302 Å². The van der Waals surface area contributed by atoms with Gasteiger partial charge in [0.25, 0.3) is 0 Å². The Hall–Kier alpha value is -2.11. The summed E-state index contributed by atoms with van der Waals surface area (Å²) < 4.78 is 16.9. The topological polar surface area (TPSA) is 78.9 Å². The van der Waals surface area contributed by atoms with Crippen LogP contribution in [-0.4, -0.2) is 37.2 Å². The van der Waals surface area contributed by atoms with Crippen molar-refractivity contribution in [1.82, 2.24) is 0 Å². The van der Waals surface area contributed by atoms with Gasteiger partial charge in [-0.05, 0) is 64.2 Å². The molecule has 6 nitrogen and oxygen atoms in total. The number of hydrogen-bond acceptors (Lipinski definition) is 6. The lowest BCUT2D eigenvalue weighted by atomic mass is 10.0. The van der Waals surface area contributed by atoms with Crippen molar-refractivity contribution in [3.8, 4) is 0 Å². The Bertz CT molecular complexity index is 1160. The molecule has 1 atom stereocenters. The highest BCUT2D eigenvalue weighted by atomic mass is 16.6. The highest BCUT2D eigenvalue weighted by Crippen LogP contribution is 2.18. The van der Waals surface area contributed by atoms with Gasteiger partial charge >= 0.3 is 17.9 Å². The summed E-state index contributed by atoms with van der Waals surface area (Å²) in [5.41, 5.74) is 0. The fourth-order valence-electron chi connectivity index (χ4n) is 9.78. The van der Waals surface area contributed by atoms with E-state index in [0.717, 1.165) is 64.2 Å². The van der Waals surface area contributed by atoms with Gasteiger partial charge in [0.05, 0.1) is 0 Å². The molecule has 0 aliphatic rings. The van der Waals surface area contributed by atoms with Crippen molar-refractivity contribution < 1.29 is 28.6 Å².